The summed E-state index contributed by atoms with van der Waals surface area (Å²) in [5.74, 6) is 3.56. The van der Waals surface area contributed by atoms with Gasteiger partial charge in [0, 0.05) is 22.3 Å². The van der Waals surface area contributed by atoms with Gasteiger partial charge in [0.15, 0.2) is 37.0 Å². The van der Waals surface area contributed by atoms with Crippen LogP contribution in [0, 0.1) is 11.8 Å². The summed E-state index contributed by atoms with van der Waals surface area (Å²) in [5, 5.41) is 0. The third-order valence-corrected chi connectivity index (χ3v) is 8.25. The number of hydrogen-bond donors (Lipinski definition) is 0. The van der Waals surface area contributed by atoms with Crippen molar-refractivity contribution in [1.82, 2.24) is 0 Å². The fourth-order valence-corrected chi connectivity index (χ4v) is 5.10. The smallest absolute Gasteiger partial charge is 0.338 e. The third-order valence-electron chi connectivity index (χ3n) is 8.25. The lowest BCUT2D eigenvalue weighted by atomic mass is 10.1. The number of carbonyl (C=O) groups is 4. The molecule has 282 valence electrons. The lowest BCUT2D eigenvalue weighted by Gasteiger charge is -2.14. The standard InChI is InChI=1S/C40H50O12/c1-5-9-23-45-35(41)31-32(36(42)46-24-10-6-2)50-39(49-31)29-19-15-27(16-20-29)13-14-28-17-21-30(22-18-28)40-51-33(37(43)47-25-11-7-3)34(52-40)38(44)48-26-12-8-4/h15-22,31-34,39-40H,5-12,23-26H2,1-4H3/t31-,32-,33-,34-/m0/s1. The Kier molecular flexibility index (Phi) is 16.6. The minimum atomic E-state index is -1.24. The van der Waals surface area contributed by atoms with E-state index in [-0.39, 0.29) is 26.4 Å². The molecule has 12 heteroatoms. The van der Waals surface area contributed by atoms with Gasteiger partial charge in [0.05, 0.1) is 26.4 Å². The number of rotatable bonds is 18. The molecule has 2 aromatic carbocycles. The third kappa shape index (κ3) is 11.6. The number of unbranched alkanes of at least 4 members (excludes halogenated alkanes) is 4. The Labute approximate surface area is 305 Å². The van der Waals surface area contributed by atoms with Gasteiger partial charge in [-0.2, -0.15) is 0 Å². The quantitative estimate of drug-likeness (QED) is 0.0768. The largest absolute Gasteiger partial charge is 0.464 e. The van der Waals surface area contributed by atoms with Crippen molar-refractivity contribution in [3.8, 4) is 11.8 Å². The van der Waals surface area contributed by atoms with Crippen molar-refractivity contribution in [2.45, 2.75) is 116 Å². The van der Waals surface area contributed by atoms with Gasteiger partial charge in [-0.3, -0.25) is 0 Å². The SMILES string of the molecule is CCCCOC(=O)[C@H]1OC(c2ccc(C#Cc3ccc(C4O[C@H](C(=O)OCCCC)[C@@H](C(=O)OCCCC)O4)cc3)cc2)O[C@@H]1C(=O)OCCCC. The van der Waals surface area contributed by atoms with E-state index in [1.54, 1.807) is 48.5 Å². The van der Waals surface area contributed by atoms with Gasteiger partial charge in [0.2, 0.25) is 0 Å². The van der Waals surface area contributed by atoms with Crippen LogP contribution < -0.4 is 0 Å². The van der Waals surface area contributed by atoms with Crippen LogP contribution in [0.25, 0.3) is 0 Å². The molecule has 0 saturated carbocycles. The van der Waals surface area contributed by atoms with Crippen molar-refractivity contribution in [1.29, 1.82) is 0 Å². The van der Waals surface area contributed by atoms with E-state index in [1.165, 1.54) is 0 Å². The first-order valence-corrected chi connectivity index (χ1v) is 18.3. The summed E-state index contributed by atoms with van der Waals surface area (Å²) in [6, 6.07) is 14.1. The Hall–Kier alpha value is -4.28. The first-order valence-electron chi connectivity index (χ1n) is 18.3. The molecule has 4 atom stereocenters. The average Bonchev–Trinajstić information content (AvgIpc) is 3.81. The molecule has 0 unspecified atom stereocenters. The number of carbonyl (C=O) groups excluding carboxylic acids is 4. The summed E-state index contributed by atoms with van der Waals surface area (Å²) >= 11 is 0. The molecule has 2 fully saturated rings. The van der Waals surface area contributed by atoms with Crippen LogP contribution in [0.5, 0.6) is 0 Å². The summed E-state index contributed by atoms with van der Waals surface area (Å²) in [6.07, 6.45) is -0.735. The van der Waals surface area contributed by atoms with E-state index in [2.05, 4.69) is 11.8 Å². The zero-order valence-corrected chi connectivity index (χ0v) is 30.5. The normalized spacial score (nSPS) is 20.2. The maximum absolute atomic E-state index is 12.8. The maximum atomic E-state index is 12.8. The molecular formula is C40H50O12. The highest BCUT2D eigenvalue weighted by molar-refractivity contribution is 5.87. The summed E-state index contributed by atoms with van der Waals surface area (Å²) < 4.78 is 44.8. The van der Waals surface area contributed by atoms with E-state index < -0.39 is 60.9 Å². The average molecular weight is 723 g/mol. The Balaban J connectivity index is 1.39. The molecule has 0 aliphatic carbocycles. The number of benzene rings is 2. The molecule has 0 radical (unpaired) electrons. The zero-order valence-electron chi connectivity index (χ0n) is 30.5. The van der Waals surface area contributed by atoms with Crippen molar-refractivity contribution in [3.05, 3.63) is 70.8 Å². The second-order valence-electron chi connectivity index (χ2n) is 12.5. The number of hydrogen-bond acceptors (Lipinski definition) is 12. The van der Waals surface area contributed by atoms with Crippen LogP contribution in [0.1, 0.15) is 114 Å². The molecule has 52 heavy (non-hydrogen) atoms. The highest BCUT2D eigenvalue weighted by atomic mass is 16.8. The van der Waals surface area contributed by atoms with Crippen LogP contribution in [0.15, 0.2) is 48.5 Å². The van der Waals surface area contributed by atoms with Crippen molar-refractivity contribution < 1.29 is 57.1 Å². The van der Waals surface area contributed by atoms with Crippen molar-refractivity contribution >= 4 is 23.9 Å². The van der Waals surface area contributed by atoms with E-state index in [9.17, 15) is 19.2 Å². The van der Waals surface area contributed by atoms with Crippen LogP contribution in [0.2, 0.25) is 0 Å². The molecule has 0 N–H and O–H groups in total. The highest BCUT2D eigenvalue weighted by Gasteiger charge is 2.49. The van der Waals surface area contributed by atoms with Crippen molar-refractivity contribution in [3.63, 3.8) is 0 Å². The van der Waals surface area contributed by atoms with Crippen molar-refractivity contribution in [2.24, 2.45) is 0 Å². The molecule has 0 bridgehead atoms. The second kappa shape index (κ2) is 21.3. The van der Waals surface area contributed by atoms with Crippen molar-refractivity contribution in [2.75, 3.05) is 26.4 Å². The van der Waals surface area contributed by atoms with E-state index in [4.69, 9.17) is 37.9 Å². The fraction of sp³-hybridized carbons (Fsp3) is 0.550. The zero-order chi connectivity index (χ0) is 37.3. The maximum Gasteiger partial charge on any atom is 0.338 e. The van der Waals surface area contributed by atoms with E-state index in [0.29, 0.717) is 47.9 Å². The lowest BCUT2D eigenvalue weighted by Crippen LogP contribution is -2.39. The molecular weight excluding hydrogens is 672 g/mol. The second-order valence-corrected chi connectivity index (χ2v) is 12.5. The lowest BCUT2D eigenvalue weighted by molar-refractivity contribution is -0.163. The van der Waals surface area contributed by atoms with Crippen LogP contribution in [-0.4, -0.2) is 74.7 Å². The molecule has 0 amide bonds. The Bertz CT molecular complexity index is 1340. The fourth-order valence-electron chi connectivity index (χ4n) is 5.10. The van der Waals surface area contributed by atoms with Gasteiger partial charge in [-0.05, 0) is 49.9 Å². The molecule has 0 spiro atoms. The highest BCUT2D eigenvalue weighted by Crippen LogP contribution is 2.34. The first-order chi connectivity index (χ1) is 25.3. The monoisotopic (exact) mass is 722 g/mol. The topological polar surface area (TPSA) is 142 Å². The predicted octanol–water partition coefficient (Wildman–Crippen LogP) is 6.02. The number of ether oxygens (including phenoxy) is 8. The van der Waals surface area contributed by atoms with Crippen LogP contribution >= 0.6 is 0 Å². The van der Waals surface area contributed by atoms with E-state index in [1.807, 2.05) is 27.7 Å². The molecule has 12 nitrogen and oxygen atoms in total. The molecule has 2 saturated heterocycles. The van der Waals surface area contributed by atoms with Gasteiger partial charge >= 0.3 is 23.9 Å². The molecule has 2 heterocycles. The van der Waals surface area contributed by atoms with Crippen LogP contribution in [0.3, 0.4) is 0 Å². The Morgan fingerprint density at radius 2 is 0.712 bits per heavy atom. The molecule has 4 rings (SSSR count). The minimum absolute atomic E-state index is 0.224. The summed E-state index contributed by atoms with van der Waals surface area (Å²) in [6.45, 7) is 8.83. The van der Waals surface area contributed by atoms with Gasteiger partial charge in [-0.1, -0.05) is 89.5 Å². The minimum Gasteiger partial charge on any atom is -0.464 e. The molecule has 2 aromatic rings. The summed E-state index contributed by atoms with van der Waals surface area (Å²) in [4.78, 5) is 51.1. The predicted molar refractivity (Wildman–Crippen MR) is 187 cm³/mol. The molecule has 2 aliphatic heterocycles. The Morgan fingerprint density at radius 3 is 0.942 bits per heavy atom. The van der Waals surface area contributed by atoms with Gasteiger partial charge in [0.25, 0.3) is 0 Å². The van der Waals surface area contributed by atoms with Gasteiger partial charge in [-0.15, -0.1) is 0 Å². The van der Waals surface area contributed by atoms with Gasteiger partial charge < -0.3 is 37.9 Å². The molecule has 0 aromatic heterocycles. The molecule has 2 aliphatic rings. The number of esters is 4. The van der Waals surface area contributed by atoms with E-state index in [0.717, 1.165) is 25.7 Å². The van der Waals surface area contributed by atoms with Crippen LogP contribution in [0.4, 0.5) is 0 Å². The Morgan fingerprint density at radius 1 is 0.462 bits per heavy atom. The summed E-state index contributed by atoms with van der Waals surface area (Å²) in [7, 11) is 0. The van der Waals surface area contributed by atoms with Gasteiger partial charge in [0.1, 0.15) is 0 Å². The summed E-state index contributed by atoms with van der Waals surface area (Å²) in [5.41, 5.74) is 2.60. The van der Waals surface area contributed by atoms with Gasteiger partial charge in [-0.25, -0.2) is 19.2 Å². The van der Waals surface area contributed by atoms with Crippen LogP contribution in [-0.2, 0) is 57.1 Å². The first kappa shape index (κ1) is 40.5. The van der Waals surface area contributed by atoms with E-state index >= 15 is 0 Å².